The van der Waals surface area contributed by atoms with Crippen molar-refractivity contribution >= 4 is 17.5 Å². The van der Waals surface area contributed by atoms with Crippen molar-refractivity contribution in [1.29, 1.82) is 0 Å². The molecule has 1 fully saturated rings. The maximum absolute atomic E-state index is 11.2. The average molecular weight is 218 g/mol. The highest BCUT2D eigenvalue weighted by atomic mass is 35.5. The highest BCUT2D eigenvalue weighted by Crippen LogP contribution is 2.31. The molecular formula is C11H20ClNO. The Hall–Kier alpha value is -0.240. The molecule has 1 amide bonds. The molecule has 0 radical (unpaired) electrons. The third-order valence-electron chi connectivity index (χ3n) is 2.87. The van der Waals surface area contributed by atoms with Gasteiger partial charge in [0.25, 0.3) is 0 Å². The van der Waals surface area contributed by atoms with Crippen molar-refractivity contribution in [3.05, 3.63) is 0 Å². The van der Waals surface area contributed by atoms with Crippen LogP contribution in [0.1, 0.15) is 46.0 Å². The van der Waals surface area contributed by atoms with E-state index in [1.165, 1.54) is 25.7 Å². The van der Waals surface area contributed by atoms with Crippen LogP contribution in [0.2, 0.25) is 0 Å². The number of alkyl halides is 1. The minimum absolute atomic E-state index is 0.0605. The molecule has 0 unspecified atom stereocenters. The van der Waals surface area contributed by atoms with Crippen molar-refractivity contribution in [3.8, 4) is 0 Å². The molecule has 3 heteroatoms. The first-order chi connectivity index (χ1) is 6.53. The lowest BCUT2D eigenvalue weighted by molar-refractivity contribution is -0.120. The fourth-order valence-corrected chi connectivity index (χ4v) is 2.46. The largest absolute Gasteiger partial charge is 0.350 e. The smallest absolute Gasteiger partial charge is 0.235 e. The molecule has 0 atom stereocenters. The summed E-state index contributed by atoms with van der Waals surface area (Å²) in [6.07, 6.45) is 6.42. The van der Waals surface area contributed by atoms with Crippen LogP contribution in [0.15, 0.2) is 0 Å². The number of hydrogen-bond donors (Lipinski definition) is 1. The minimum Gasteiger partial charge on any atom is -0.350 e. The summed E-state index contributed by atoms with van der Waals surface area (Å²) in [4.78, 5) is 11.2. The number of halogens is 1. The average Bonchev–Trinajstić information content (AvgIpc) is 2.54. The summed E-state index contributed by atoms with van der Waals surface area (Å²) >= 11 is 5.46. The first-order valence-electron chi connectivity index (χ1n) is 5.40. The Kier molecular flexibility index (Phi) is 4.24. The standard InChI is InChI=1S/C11H20ClNO/c1-11(2,13-10(14)8-12)7-9-5-3-4-6-9/h9H,3-8H2,1-2H3,(H,13,14). The number of amides is 1. The van der Waals surface area contributed by atoms with Crippen molar-refractivity contribution < 1.29 is 4.79 Å². The van der Waals surface area contributed by atoms with Crippen LogP contribution in [0.25, 0.3) is 0 Å². The third-order valence-corrected chi connectivity index (χ3v) is 3.12. The first-order valence-corrected chi connectivity index (χ1v) is 5.94. The van der Waals surface area contributed by atoms with Crippen LogP contribution in [0.4, 0.5) is 0 Å². The quantitative estimate of drug-likeness (QED) is 0.721. The maximum atomic E-state index is 11.2. The number of carbonyl (C=O) groups excluding carboxylic acids is 1. The van der Waals surface area contributed by atoms with Crippen molar-refractivity contribution in [3.63, 3.8) is 0 Å². The predicted molar refractivity (Wildman–Crippen MR) is 59.5 cm³/mol. The molecule has 1 aliphatic rings. The number of hydrogen-bond acceptors (Lipinski definition) is 1. The zero-order valence-electron chi connectivity index (χ0n) is 9.11. The molecule has 0 spiro atoms. The zero-order valence-corrected chi connectivity index (χ0v) is 9.86. The van der Waals surface area contributed by atoms with Crippen LogP contribution < -0.4 is 5.32 Å². The van der Waals surface area contributed by atoms with Gasteiger partial charge in [-0.05, 0) is 26.2 Å². The highest BCUT2D eigenvalue weighted by Gasteiger charge is 2.26. The molecule has 1 saturated carbocycles. The summed E-state index contributed by atoms with van der Waals surface area (Å²) in [6, 6.07) is 0. The van der Waals surface area contributed by atoms with Crippen LogP contribution in [-0.2, 0) is 4.79 Å². The van der Waals surface area contributed by atoms with Gasteiger partial charge in [0.05, 0.1) is 0 Å². The lowest BCUT2D eigenvalue weighted by Gasteiger charge is -2.28. The van der Waals surface area contributed by atoms with Crippen LogP contribution in [0.3, 0.4) is 0 Å². The molecule has 0 bridgehead atoms. The molecule has 1 rings (SSSR count). The minimum atomic E-state index is -0.0962. The normalized spacial score (nSPS) is 18.5. The van der Waals surface area contributed by atoms with Gasteiger partial charge in [-0.25, -0.2) is 0 Å². The van der Waals surface area contributed by atoms with Gasteiger partial charge in [0.2, 0.25) is 5.91 Å². The first kappa shape index (κ1) is 11.8. The van der Waals surface area contributed by atoms with E-state index < -0.39 is 0 Å². The molecule has 0 aromatic rings. The molecule has 1 aliphatic carbocycles. The van der Waals surface area contributed by atoms with E-state index >= 15 is 0 Å². The summed E-state index contributed by atoms with van der Waals surface area (Å²) in [5.41, 5.74) is -0.0962. The molecular weight excluding hydrogens is 198 g/mol. The molecule has 1 N–H and O–H groups in total. The Morgan fingerprint density at radius 3 is 2.50 bits per heavy atom. The van der Waals surface area contributed by atoms with E-state index in [9.17, 15) is 4.79 Å². The number of nitrogens with one attached hydrogen (secondary N) is 1. The van der Waals surface area contributed by atoms with Gasteiger partial charge in [0, 0.05) is 5.54 Å². The molecule has 0 heterocycles. The van der Waals surface area contributed by atoms with Crippen molar-refractivity contribution in [1.82, 2.24) is 5.32 Å². The van der Waals surface area contributed by atoms with E-state index in [0.29, 0.717) is 0 Å². The summed E-state index contributed by atoms with van der Waals surface area (Å²) in [5, 5.41) is 2.96. The van der Waals surface area contributed by atoms with Crippen LogP contribution in [0.5, 0.6) is 0 Å². The predicted octanol–water partition coefficient (Wildman–Crippen LogP) is 2.70. The second-order valence-electron chi connectivity index (χ2n) is 4.92. The summed E-state index contributed by atoms with van der Waals surface area (Å²) in [6.45, 7) is 4.16. The van der Waals surface area contributed by atoms with Crippen molar-refractivity contribution in [2.75, 3.05) is 5.88 Å². The topological polar surface area (TPSA) is 29.1 Å². The molecule has 2 nitrogen and oxygen atoms in total. The van der Waals surface area contributed by atoms with E-state index in [-0.39, 0.29) is 17.3 Å². The fraction of sp³-hybridized carbons (Fsp3) is 0.909. The summed E-state index contributed by atoms with van der Waals surface area (Å²) in [5.74, 6) is 0.795. The Bertz CT molecular complexity index is 197. The molecule has 0 aliphatic heterocycles. The van der Waals surface area contributed by atoms with Gasteiger partial charge in [-0.1, -0.05) is 25.7 Å². The highest BCUT2D eigenvalue weighted by molar-refractivity contribution is 6.27. The summed E-state index contributed by atoms with van der Waals surface area (Å²) < 4.78 is 0. The molecule has 14 heavy (non-hydrogen) atoms. The van der Waals surface area contributed by atoms with Crippen LogP contribution >= 0.6 is 11.6 Å². The Morgan fingerprint density at radius 1 is 1.43 bits per heavy atom. The van der Waals surface area contributed by atoms with Crippen LogP contribution in [-0.4, -0.2) is 17.3 Å². The van der Waals surface area contributed by atoms with E-state index in [2.05, 4.69) is 19.2 Å². The fourth-order valence-electron chi connectivity index (χ4n) is 2.40. The number of carbonyl (C=O) groups is 1. The SMILES string of the molecule is CC(C)(CC1CCCC1)NC(=O)CCl. The van der Waals surface area contributed by atoms with Gasteiger partial charge >= 0.3 is 0 Å². The number of rotatable bonds is 4. The van der Waals surface area contributed by atoms with E-state index in [0.717, 1.165) is 12.3 Å². The van der Waals surface area contributed by atoms with E-state index in [4.69, 9.17) is 11.6 Å². The molecule has 0 saturated heterocycles. The Morgan fingerprint density at radius 2 is 2.00 bits per heavy atom. The molecule has 0 aromatic heterocycles. The summed E-state index contributed by atoms with van der Waals surface area (Å²) in [7, 11) is 0. The monoisotopic (exact) mass is 217 g/mol. The van der Waals surface area contributed by atoms with Gasteiger partial charge in [-0.3, -0.25) is 4.79 Å². The second-order valence-corrected chi connectivity index (χ2v) is 5.19. The van der Waals surface area contributed by atoms with Crippen molar-refractivity contribution in [2.45, 2.75) is 51.5 Å². The third kappa shape index (κ3) is 3.87. The van der Waals surface area contributed by atoms with Crippen molar-refractivity contribution in [2.24, 2.45) is 5.92 Å². The lowest BCUT2D eigenvalue weighted by atomic mass is 9.89. The Labute approximate surface area is 91.4 Å². The van der Waals surface area contributed by atoms with Gasteiger partial charge in [-0.15, -0.1) is 11.6 Å². The zero-order chi connectivity index (χ0) is 10.6. The Balaban J connectivity index is 2.35. The molecule has 0 aromatic carbocycles. The van der Waals surface area contributed by atoms with Gasteiger partial charge < -0.3 is 5.32 Å². The lowest BCUT2D eigenvalue weighted by Crippen LogP contribution is -2.45. The van der Waals surface area contributed by atoms with Gasteiger partial charge in [-0.2, -0.15) is 0 Å². The van der Waals surface area contributed by atoms with Gasteiger partial charge in [0.15, 0.2) is 0 Å². The van der Waals surface area contributed by atoms with E-state index in [1.807, 2.05) is 0 Å². The molecule has 82 valence electrons. The maximum Gasteiger partial charge on any atom is 0.235 e. The second kappa shape index (κ2) is 5.01. The van der Waals surface area contributed by atoms with E-state index in [1.54, 1.807) is 0 Å². The van der Waals surface area contributed by atoms with Gasteiger partial charge in [0.1, 0.15) is 5.88 Å². The van der Waals surface area contributed by atoms with Crippen LogP contribution in [0, 0.1) is 5.92 Å².